The normalized spacial score (nSPS) is 11.0. The number of halogens is 2. The molecule has 0 atom stereocenters. The van der Waals surface area contributed by atoms with E-state index in [1.807, 2.05) is 35.7 Å². The third-order valence-corrected chi connectivity index (χ3v) is 6.81. The quantitative estimate of drug-likeness (QED) is 0.502. The predicted octanol–water partition coefficient (Wildman–Crippen LogP) is 5.72. The van der Waals surface area contributed by atoms with E-state index in [9.17, 15) is 4.79 Å². The maximum absolute atomic E-state index is 12.5. The van der Waals surface area contributed by atoms with Gasteiger partial charge in [-0.05, 0) is 44.0 Å². The van der Waals surface area contributed by atoms with Gasteiger partial charge in [0, 0.05) is 25.5 Å². The predicted molar refractivity (Wildman–Crippen MR) is 85.0 cm³/mol. The summed E-state index contributed by atoms with van der Waals surface area (Å²) >= 11 is 9.89. The van der Waals surface area contributed by atoms with E-state index in [-0.39, 0.29) is 5.78 Å². The third-order valence-electron chi connectivity index (χ3n) is 2.59. The van der Waals surface area contributed by atoms with Gasteiger partial charge >= 0.3 is 0 Å². The lowest BCUT2D eigenvalue weighted by molar-refractivity contribution is 0.104. The number of fused-ring (bicyclic) bond motifs is 1. The molecule has 1 aromatic carbocycles. The van der Waals surface area contributed by atoms with E-state index < -0.39 is 0 Å². The highest BCUT2D eigenvalue weighted by Gasteiger charge is 2.17. The lowest BCUT2D eigenvalue weighted by atomic mass is 10.1. The molecule has 0 aliphatic carbocycles. The molecule has 5 heteroatoms. The molecule has 18 heavy (non-hydrogen) atoms. The number of carbonyl (C=O) groups excluding carboxylic acids is 1. The average Bonchev–Trinajstić information content (AvgIpc) is 2.93. The summed E-state index contributed by atoms with van der Waals surface area (Å²) in [4.78, 5) is 13.2. The molecule has 0 fully saturated rings. The summed E-state index contributed by atoms with van der Waals surface area (Å²) in [6, 6.07) is 9.86. The minimum absolute atomic E-state index is 0.0869. The van der Waals surface area contributed by atoms with Crippen LogP contribution in [0.2, 0.25) is 0 Å². The van der Waals surface area contributed by atoms with Gasteiger partial charge in [-0.2, -0.15) is 0 Å². The van der Waals surface area contributed by atoms with E-state index in [0.717, 1.165) is 28.8 Å². The smallest absolute Gasteiger partial charge is 0.204 e. The largest absolute Gasteiger partial charge is 0.288 e. The fraction of sp³-hybridized carbons (Fsp3) is 0. The van der Waals surface area contributed by atoms with Crippen LogP contribution in [0.25, 0.3) is 10.1 Å². The molecule has 0 saturated heterocycles. The van der Waals surface area contributed by atoms with Gasteiger partial charge in [-0.1, -0.05) is 18.2 Å². The van der Waals surface area contributed by atoms with Crippen LogP contribution < -0.4 is 0 Å². The van der Waals surface area contributed by atoms with E-state index >= 15 is 0 Å². The number of benzene rings is 1. The summed E-state index contributed by atoms with van der Waals surface area (Å²) in [6.45, 7) is 0. The SMILES string of the molecule is O=C(c1cc(Br)c(Br)s1)c1csc2ccccc12. The van der Waals surface area contributed by atoms with Crippen molar-refractivity contribution < 1.29 is 4.79 Å². The van der Waals surface area contributed by atoms with Gasteiger partial charge in [0.15, 0.2) is 0 Å². The third kappa shape index (κ3) is 2.09. The molecule has 0 N–H and O–H groups in total. The number of thiophene rings is 2. The Morgan fingerprint density at radius 2 is 1.94 bits per heavy atom. The van der Waals surface area contributed by atoms with Crippen LogP contribution in [0.1, 0.15) is 15.2 Å². The van der Waals surface area contributed by atoms with Gasteiger partial charge < -0.3 is 0 Å². The monoisotopic (exact) mass is 400 g/mol. The zero-order valence-electron chi connectivity index (χ0n) is 8.94. The van der Waals surface area contributed by atoms with Gasteiger partial charge in [-0.3, -0.25) is 4.79 Å². The van der Waals surface area contributed by atoms with Crippen molar-refractivity contribution >= 4 is 70.4 Å². The highest BCUT2D eigenvalue weighted by Crippen LogP contribution is 2.35. The van der Waals surface area contributed by atoms with Crippen LogP contribution in [0.4, 0.5) is 0 Å². The fourth-order valence-electron chi connectivity index (χ4n) is 1.74. The maximum atomic E-state index is 12.5. The summed E-state index contributed by atoms with van der Waals surface area (Å²) in [5, 5.41) is 2.97. The van der Waals surface area contributed by atoms with Crippen LogP contribution in [0.3, 0.4) is 0 Å². The molecule has 0 aliphatic rings. The van der Waals surface area contributed by atoms with E-state index in [1.165, 1.54) is 11.3 Å². The van der Waals surface area contributed by atoms with Crippen LogP contribution in [-0.2, 0) is 0 Å². The molecule has 2 heterocycles. The number of hydrogen-bond donors (Lipinski definition) is 0. The first-order valence-corrected chi connectivity index (χ1v) is 8.41. The van der Waals surface area contributed by atoms with Crippen molar-refractivity contribution in [1.29, 1.82) is 0 Å². The molecule has 90 valence electrons. The zero-order chi connectivity index (χ0) is 12.7. The molecule has 2 aromatic heterocycles. The Bertz CT molecular complexity index is 723. The van der Waals surface area contributed by atoms with E-state index in [0.29, 0.717) is 0 Å². The first kappa shape index (κ1) is 12.5. The van der Waals surface area contributed by atoms with E-state index in [4.69, 9.17) is 0 Å². The van der Waals surface area contributed by atoms with Crippen molar-refractivity contribution in [2.75, 3.05) is 0 Å². The Balaban J connectivity index is 2.12. The molecule has 0 amide bonds. The molecule has 3 rings (SSSR count). The minimum atomic E-state index is 0.0869. The zero-order valence-corrected chi connectivity index (χ0v) is 13.7. The number of ketones is 1. The molecule has 0 unspecified atom stereocenters. The van der Waals surface area contributed by atoms with E-state index in [2.05, 4.69) is 31.9 Å². The molecule has 1 nitrogen and oxygen atoms in total. The van der Waals surface area contributed by atoms with Crippen molar-refractivity contribution in [2.24, 2.45) is 0 Å². The Labute approximate surface area is 129 Å². The molecule has 0 aliphatic heterocycles. The van der Waals surface area contributed by atoms with Crippen molar-refractivity contribution in [3.8, 4) is 0 Å². The molecule has 0 saturated carbocycles. The summed E-state index contributed by atoms with van der Waals surface area (Å²) in [5.74, 6) is 0.0869. The summed E-state index contributed by atoms with van der Waals surface area (Å²) in [7, 11) is 0. The summed E-state index contributed by atoms with van der Waals surface area (Å²) < 4.78 is 3.02. The van der Waals surface area contributed by atoms with Crippen molar-refractivity contribution in [3.63, 3.8) is 0 Å². The lowest BCUT2D eigenvalue weighted by Gasteiger charge is -1.95. The van der Waals surface area contributed by atoms with Crippen LogP contribution >= 0.6 is 54.5 Å². The Morgan fingerprint density at radius 1 is 1.17 bits per heavy atom. The fourth-order valence-corrected chi connectivity index (χ4v) is 4.68. The Kier molecular flexibility index (Phi) is 3.40. The average molecular weight is 402 g/mol. The van der Waals surface area contributed by atoms with Crippen LogP contribution in [0.5, 0.6) is 0 Å². The number of hydrogen-bond acceptors (Lipinski definition) is 3. The second-order valence-corrected chi connectivity index (χ2v) is 7.84. The standard InChI is InChI=1S/C13H6Br2OS2/c14-9-5-11(18-13(9)15)12(16)8-6-17-10-4-2-1-3-7(8)10/h1-6H. The molecule has 0 spiro atoms. The van der Waals surface area contributed by atoms with Gasteiger partial charge in [-0.15, -0.1) is 22.7 Å². The van der Waals surface area contributed by atoms with Crippen molar-refractivity contribution in [2.45, 2.75) is 0 Å². The Morgan fingerprint density at radius 3 is 2.67 bits per heavy atom. The Hall–Kier alpha value is -0.490. The number of rotatable bonds is 2. The van der Waals surface area contributed by atoms with Crippen LogP contribution in [0.15, 0.2) is 44.0 Å². The highest BCUT2D eigenvalue weighted by atomic mass is 79.9. The molecule has 0 radical (unpaired) electrons. The maximum Gasteiger partial charge on any atom is 0.204 e. The first-order valence-electron chi connectivity index (χ1n) is 5.12. The molecule has 0 bridgehead atoms. The van der Waals surface area contributed by atoms with E-state index in [1.54, 1.807) is 11.3 Å². The lowest BCUT2D eigenvalue weighted by Crippen LogP contribution is -1.96. The second-order valence-electron chi connectivity index (χ2n) is 3.71. The molecular formula is C13H6Br2OS2. The van der Waals surface area contributed by atoms with Gasteiger partial charge in [0.2, 0.25) is 5.78 Å². The van der Waals surface area contributed by atoms with Gasteiger partial charge in [0.25, 0.3) is 0 Å². The van der Waals surface area contributed by atoms with Gasteiger partial charge in [-0.25, -0.2) is 0 Å². The molecule has 3 aromatic rings. The van der Waals surface area contributed by atoms with Crippen LogP contribution in [-0.4, -0.2) is 5.78 Å². The van der Waals surface area contributed by atoms with Crippen LogP contribution in [0, 0.1) is 0 Å². The topological polar surface area (TPSA) is 17.1 Å². The molecular weight excluding hydrogens is 396 g/mol. The second kappa shape index (κ2) is 4.89. The summed E-state index contributed by atoms with van der Waals surface area (Å²) in [5.41, 5.74) is 0.789. The highest BCUT2D eigenvalue weighted by molar-refractivity contribution is 9.13. The minimum Gasteiger partial charge on any atom is -0.288 e. The van der Waals surface area contributed by atoms with Crippen molar-refractivity contribution in [3.05, 3.63) is 54.4 Å². The number of carbonyl (C=O) groups is 1. The summed E-state index contributed by atoms with van der Waals surface area (Å²) in [6.07, 6.45) is 0. The van der Waals surface area contributed by atoms with Crippen molar-refractivity contribution in [1.82, 2.24) is 0 Å². The van der Waals surface area contributed by atoms with Gasteiger partial charge in [0.1, 0.15) is 0 Å². The first-order chi connectivity index (χ1) is 8.66. The van der Waals surface area contributed by atoms with Gasteiger partial charge in [0.05, 0.1) is 8.66 Å².